The first-order valence-corrected chi connectivity index (χ1v) is 8.65. The van der Waals surface area contributed by atoms with Gasteiger partial charge in [0.2, 0.25) is 0 Å². The molecule has 0 aliphatic heterocycles. The lowest BCUT2D eigenvalue weighted by Crippen LogP contribution is -2.29. The number of benzene rings is 2. The minimum absolute atomic E-state index is 0.00292. The van der Waals surface area contributed by atoms with Crippen LogP contribution < -0.4 is 10.1 Å². The number of amides is 1. The standard InChI is InChI=1S/C19H21BrFNO2/c1-13-10-17(11-14(2)19(13)20)24-12-18(23)22-9-3-4-15-5-7-16(21)8-6-15/h5-8,10-11H,3-4,9,12H2,1-2H3,(H,22,23). The molecule has 0 radical (unpaired) electrons. The molecule has 2 aromatic carbocycles. The van der Waals surface area contributed by atoms with Crippen LogP contribution in [0.2, 0.25) is 0 Å². The molecule has 0 saturated heterocycles. The van der Waals surface area contributed by atoms with Crippen molar-refractivity contribution in [3.8, 4) is 5.75 Å². The number of carbonyl (C=O) groups is 1. The topological polar surface area (TPSA) is 38.3 Å². The molecule has 128 valence electrons. The van der Waals surface area contributed by atoms with Gasteiger partial charge in [-0.25, -0.2) is 4.39 Å². The highest BCUT2D eigenvalue weighted by atomic mass is 79.9. The first kappa shape index (κ1) is 18.5. The van der Waals surface area contributed by atoms with Crippen molar-refractivity contribution in [3.63, 3.8) is 0 Å². The van der Waals surface area contributed by atoms with E-state index in [0.29, 0.717) is 12.3 Å². The van der Waals surface area contributed by atoms with E-state index in [1.54, 1.807) is 12.1 Å². The zero-order valence-electron chi connectivity index (χ0n) is 13.9. The van der Waals surface area contributed by atoms with E-state index in [1.165, 1.54) is 12.1 Å². The second-order valence-corrected chi connectivity index (χ2v) is 6.53. The summed E-state index contributed by atoms with van der Waals surface area (Å²) < 4.78 is 19.4. The molecule has 0 saturated carbocycles. The summed E-state index contributed by atoms with van der Waals surface area (Å²) in [5.74, 6) is 0.310. The molecular weight excluding hydrogens is 373 g/mol. The Bertz CT molecular complexity index is 678. The van der Waals surface area contributed by atoms with Crippen LogP contribution in [0.1, 0.15) is 23.1 Å². The van der Waals surface area contributed by atoms with Crippen molar-refractivity contribution >= 4 is 21.8 Å². The fourth-order valence-electron chi connectivity index (χ4n) is 2.36. The Kier molecular flexibility index (Phi) is 6.79. The summed E-state index contributed by atoms with van der Waals surface area (Å²) in [6.45, 7) is 4.54. The Hall–Kier alpha value is -1.88. The summed E-state index contributed by atoms with van der Waals surface area (Å²) in [5.41, 5.74) is 3.21. The van der Waals surface area contributed by atoms with E-state index in [-0.39, 0.29) is 18.3 Å². The maximum atomic E-state index is 12.8. The van der Waals surface area contributed by atoms with Crippen molar-refractivity contribution in [2.75, 3.05) is 13.2 Å². The predicted molar refractivity (Wildman–Crippen MR) is 96.8 cm³/mol. The van der Waals surface area contributed by atoms with E-state index in [0.717, 1.165) is 34.0 Å². The first-order valence-electron chi connectivity index (χ1n) is 7.86. The molecule has 3 nitrogen and oxygen atoms in total. The third kappa shape index (κ3) is 5.64. The number of halogens is 2. The molecule has 1 N–H and O–H groups in total. The highest BCUT2D eigenvalue weighted by molar-refractivity contribution is 9.10. The van der Waals surface area contributed by atoms with Gasteiger partial charge in [-0.3, -0.25) is 4.79 Å². The van der Waals surface area contributed by atoms with Gasteiger partial charge in [0.05, 0.1) is 0 Å². The maximum Gasteiger partial charge on any atom is 0.257 e. The van der Waals surface area contributed by atoms with E-state index < -0.39 is 0 Å². The van der Waals surface area contributed by atoms with Gasteiger partial charge in [0.25, 0.3) is 5.91 Å². The van der Waals surface area contributed by atoms with E-state index >= 15 is 0 Å². The number of rotatable bonds is 7. The van der Waals surface area contributed by atoms with Crippen molar-refractivity contribution in [3.05, 3.63) is 63.4 Å². The van der Waals surface area contributed by atoms with Crippen LogP contribution in [0, 0.1) is 19.7 Å². The second kappa shape index (κ2) is 8.83. The molecule has 0 atom stereocenters. The molecule has 0 aromatic heterocycles. The number of aryl methyl sites for hydroxylation is 3. The number of nitrogens with one attached hydrogen (secondary N) is 1. The minimum atomic E-state index is -0.234. The summed E-state index contributed by atoms with van der Waals surface area (Å²) in [6, 6.07) is 10.2. The summed E-state index contributed by atoms with van der Waals surface area (Å²) in [4.78, 5) is 11.8. The Labute approximate surface area is 150 Å². The lowest BCUT2D eigenvalue weighted by atomic mass is 10.1. The average molecular weight is 394 g/mol. The molecule has 2 aromatic rings. The summed E-state index contributed by atoms with van der Waals surface area (Å²) in [6.07, 6.45) is 1.60. The van der Waals surface area contributed by atoms with Crippen molar-refractivity contribution < 1.29 is 13.9 Å². The quantitative estimate of drug-likeness (QED) is 0.710. The van der Waals surface area contributed by atoms with E-state index in [9.17, 15) is 9.18 Å². The Morgan fingerprint density at radius 2 is 1.79 bits per heavy atom. The second-order valence-electron chi connectivity index (χ2n) is 5.74. The number of hydrogen-bond acceptors (Lipinski definition) is 2. The van der Waals surface area contributed by atoms with Gasteiger partial charge < -0.3 is 10.1 Å². The molecule has 1 amide bonds. The highest BCUT2D eigenvalue weighted by Crippen LogP contribution is 2.26. The Balaban J connectivity index is 1.69. The van der Waals surface area contributed by atoms with Crippen molar-refractivity contribution in [1.82, 2.24) is 5.32 Å². The molecular formula is C19H21BrFNO2. The van der Waals surface area contributed by atoms with Crippen LogP contribution in [0.3, 0.4) is 0 Å². The van der Waals surface area contributed by atoms with Gasteiger partial charge in [0.1, 0.15) is 11.6 Å². The van der Waals surface area contributed by atoms with Crippen LogP contribution >= 0.6 is 15.9 Å². The molecule has 24 heavy (non-hydrogen) atoms. The lowest BCUT2D eigenvalue weighted by molar-refractivity contribution is -0.123. The minimum Gasteiger partial charge on any atom is -0.484 e. The van der Waals surface area contributed by atoms with Gasteiger partial charge in [-0.05, 0) is 67.6 Å². The van der Waals surface area contributed by atoms with Crippen LogP contribution in [0.4, 0.5) is 4.39 Å². The zero-order valence-corrected chi connectivity index (χ0v) is 15.5. The molecule has 0 unspecified atom stereocenters. The number of hydrogen-bond donors (Lipinski definition) is 1. The highest BCUT2D eigenvalue weighted by Gasteiger charge is 2.06. The SMILES string of the molecule is Cc1cc(OCC(=O)NCCCc2ccc(F)cc2)cc(C)c1Br. The van der Waals surface area contributed by atoms with Gasteiger partial charge >= 0.3 is 0 Å². The van der Waals surface area contributed by atoms with Gasteiger partial charge in [-0.15, -0.1) is 0 Å². The van der Waals surface area contributed by atoms with Crippen LogP contribution in [-0.2, 0) is 11.2 Å². The molecule has 0 heterocycles. The molecule has 0 spiro atoms. The normalized spacial score (nSPS) is 10.5. The first-order chi connectivity index (χ1) is 11.5. The van der Waals surface area contributed by atoms with E-state index in [4.69, 9.17) is 4.74 Å². The van der Waals surface area contributed by atoms with Crippen molar-refractivity contribution in [2.24, 2.45) is 0 Å². The Morgan fingerprint density at radius 1 is 1.17 bits per heavy atom. The fourth-order valence-corrected chi connectivity index (χ4v) is 2.59. The van der Waals surface area contributed by atoms with Crippen LogP contribution in [0.15, 0.2) is 40.9 Å². The smallest absolute Gasteiger partial charge is 0.257 e. The van der Waals surface area contributed by atoms with E-state index in [1.807, 2.05) is 26.0 Å². The van der Waals surface area contributed by atoms with Crippen LogP contribution in [-0.4, -0.2) is 19.1 Å². The van der Waals surface area contributed by atoms with Crippen molar-refractivity contribution in [2.45, 2.75) is 26.7 Å². The number of carbonyl (C=O) groups excluding carboxylic acids is 1. The lowest BCUT2D eigenvalue weighted by Gasteiger charge is -2.10. The molecule has 5 heteroatoms. The molecule has 0 aliphatic carbocycles. The molecule has 0 aliphatic rings. The molecule has 0 bridgehead atoms. The van der Waals surface area contributed by atoms with Gasteiger partial charge in [0, 0.05) is 11.0 Å². The zero-order chi connectivity index (χ0) is 17.5. The fraction of sp³-hybridized carbons (Fsp3) is 0.316. The van der Waals surface area contributed by atoms with Crippen LogP contribution in [0.25, 0.3) is 0 Å². The van der Waals surface area contributed by atoms with Gasteiger partial charge in [-0.2, -0.15) is 0 Å². The summed E-state index contributed by atoms with van der Waals surface area (Å²) in [5, 5.41) is 2.83. The number of ether oxygens (including phenoxy) is 1. The van der Waals surface area contributed by atoms with Gasteiger partial charge in [-0.1, -0.05) is 28.1 Å². The van der Waals surface area contributed by atoms with Gasteiger partial charge in [0.15, 0.2) is 6.61 Å². The molecule has 2 rings (SSSR count). The predicted octanol–water partition coefficient (Wildman–Crippen LogP) is 4.33. The Morgan fingerprint density at radius 3 is 2.42 bits per heavy atom. The largest absolute Gasteiger partial charge is 0.484 e. The van der Waals surface area contributed by atoms with Crippen LogP contribution in [0.5, 0.6) is 5.75 Å². The maximum absolute atomic E-state index is 12.8. The summed E-state index contributed by atoms with van der Waals surface area (Å²) >= 11 is 3.50. The van der Waals surface area contributed by atoms with Crippen molar-refractivity contribution in [1.29, 1.82) is 0 Å². The molecule has 0 fully saturated rings. The summed E-state index contributed by atoms with van der Waals surface area (Å²) in [7, 11) is 0. The van der Waals surface area contributed by atoms with E-state index in [2.05, 4.69) is 21.2 Å². The third-order valence-corrected chi connectivity index (χ3v) is 4.91. The average Bonchev–Trinajstić information content (AvgIpc) is 2.56. The third-order valence-electron chi connectivity index (χ3n) is 3.66. The monoisotopic (exact) mass is 393 g/mol.